The minimum absolute atomic E-state index is 0.0179. The van der Waals surface area contributed by atoms with E-state index in [-0.39, 0.29) is 4.48 Å². The molecule has 0 amide bonds. The third-order valence-corrected chi connectivity index (χ3v) is 2.98. The first-order valence-corrected chi connectivity index (χ1v) is 6.35. The van der Waals surface area contributed by atoms with Crippen LogP contribution in [0.1, 0.15) is 11.1 Å². The highest BCUT2D eigenvalue weighted by molar-refractivity contribution is 9.12. The molecule has 0 spiro atoms. The predicted octanol–water partition coefficient (Wildman–Crippen LogP) is 2.84. The highest BCUT2D eigenvalue weighted by Crippen LogP contribution is 2.18. The van der Waals surface area contributed by atoms with Crippen molar-refractivity contribution in [2.75, 3.05) is 0 Å². The zero-order chi connectivity index (χ0) is 14.0. The number of hydrogen-bond acceptors (Lipinski definition) is 3. The summed E-state index contributed by atoms with van der Waals surface area (Å²) in [6.07, 6.45) is 2.82. The fourth-order valence-electron chi connectivity index (χ4n) is 1.74. The number of hydrogen-bond donors (Lipinski definition) is 1. The van der Waals surface area contributed by atoms with Gasteiger partial charge in [-0.1, -0.05) is 17.2 Å². The molecule has 1 aromatic heterocycles. The van der Waals surface area contributed by atoms with E-state index in [0.29, 0.717) is 5.82 Å². The Morgan fingerprint density at radius 1 is 1.32 bits per heavy atom. The van der Waals surface area contributed by atoms with Gasteiger partial charge in [-0.2, -0.15) is 0 Å². The summed E-state index contributed by atoms with van der Waals surface area (Å²) in [5, 5.41) is 13.0. The third kappa shape index (κ3) is 3.29. The molecule has 0 aliphatic heterocycles. The quantitative estimate of drug-likeness (QED) is 0.883. The average Bonchev–Trinajstić information content (AvgIpc) is 2.76. The number of aromatic nitrogens is 3. The monoisotopic (exact) mass is 321 g/mol. The highest BCUT2D eigenvalue weighted by atomic mass is 79.9. The van der Waals surface area contributed by atoms with Crippen LogP contribution in [0.5, 0.6) is 0 Å². The van der Waals surface area contributed by atoms with E-state index in [2.05, 4.69) is 32.1 Å². The first-order chi connectivity index (χ1) is 8.95. The summed E-state index contributed by atoms with van der Waals surface area (Å²) in [6, 6.07) is 6.05. The smallest absolute Gasteiger partial charge is 0.344 e. The summed E-state index contributed by atoms with van der Waals surface area (Å²) >= 11 is 2.94. The highest BCUT2D eigenvalue weighted by Gasteiger charge is 2.07. The molecule has 0 bridgehead atoms. The minimum atomic E-state index is -1.05. The second kappa shape index (κ2) is 5.36. The van der Waals surface area contributed by atoms with Crippen molar-refractivity contribution in [2.24, 2.45) is 0 Å². The number of aliphatic carboxylic acids is 1. The molecule has 5 nitrogen and oxygen atoms in total. The Hall–Kier alpha value is -1.95. The van der Waals surface area contributed by atoms with E-state index >= 15 is 0 Å². The van der Waals surface area contributed by atoms with E-state index in [0.717, 1.165) is 16.7 Å². The van der Waals surface area contributed by atoms with Crippen molar-refractivity contribution in [3.05, 3.63) is 40.1 Å². The lowest BCUT2D eigenvalue weighted by atomic mass is 10.1. The maximum Gasteiger partial charge on any atom is 0.344 e. The number of carboxylic acids is 1. The Morgan fingerprint density at radius 3 is 2.53 bits per heavy atom. The van der Waals surface area contributed by atoms with Gasteiger partial charge in [0.25, 0.3) is 0 Å². The van der Waals surface area contributed by atoms with Crippen LogP contribution in [0.25, 0.3) is 17.6 Å². The van der Waals surface area contributed by atoms with Gasteiger partial charge >= 0.3 is 5.97 Å². The summed E-state index contributed by atoms with van der Waals surface area (Å²) in [7, 11) is 0. The summed E-state index contributed by atoms with van der Waals surface area (Å²) < 4.78 is 1.38. The molecule has 19 heavy (non-hydrogen) atoms. The third-order valence-electron chi connectivity index (χ3n) is 2.44. The van der Waals surface area contributed by atoms with E-state index < -0.39 is 5.97 Å². The zero-order valence-electron chi connectivity index (χ0n) is 10.5. The summed E-state index contributed by atoms with van der Waals surface area (Å²) in [4.78, 5) is 14.9. The molecule has 2 aromatic rings. The predicted molar refractivity (Wildman–Crippen MR) is 75.8 cm³/mol. The van der Waals surface area contributed by atoms with Crippen LogP contribution < -0.4 is 0 Å². The normalized spacial score (nSPS) is 11.6. The maximum atomic E-state index is 10.7. The molecule has 0 aliphatic carbocycles. The van der Waals surface area contributed by atoms with Crippen LogP contribution in [0.15, 0.2) is 29.0 Å². The molecule has 1 N–H and O–H groups in total. The van der Waals surface area contributed by atoms with Crippen molar-refractivity contribution in [1.82, 2.24) is 14.8 Å². The van der Waals surface area contributed by atoms with E-state index in [1.807, 2.05) is 26.0 Å². The molecule has 1 heterocycles. The van der Waals surface area contributed by atoms with Crippen LogP contribution in [-0.4, -0.2) is 25.8 Å². The Balaban J connectivity index is 2.36. The van der Waals surface area contributed by atoms with Gasteiger partial charge in [0.1, 0.15) is 10.8 Å². The number of benzene rings is 1. The van der Waals surface area contributed by atoms with Gasteiger partial charge < -0.3 is 5.11 Å². The van der Waals surface area contributed by atoms with Gasteiger partial charge in [0.2, 0.25) is 0 Å². The lowest BCUT2D eigenvalue weighted by molar-refractivity contribution is -0.131. The standard InChI is InChI=1S/C13H12BrN3O2/c1-8-3-9(2)5-10(4-8)12-15-7-17(16-12)6-11(14)13(18)19/h3-7H,1-2H3,(H,18,19)/b11-6-. The molecule has 0 aliphatic rings. The summed E-state index contributed by atoms with van der Waals surface area (Å²) in [5.41, 5.74) is 3.18. The van der Waals surface area contributed by atoms with Crippen LogP contribution in [0.2, 0.25) is 0 Å². The molecule has 1 aromatic carbocycles. The van der Waals surface area contributed by atoms with Crippen molar-refractivity contribution in [3.8, 4) is 11.4 Å². The SMILES string of the molecule is Cc1cc(C)cc(-c2ncn(/C=C(\Br)C(=O)O)n2)c1. The van der Waals surface area contributed by atoms with Crippen LogP contribution in [0.4, 0.5) is 0 Å². The second-order valence-corrected chi connectivity index (χ2v) is 5.06. The minimum Gasteiger partial charge on any atom is -0.477 e. The molecule has 0 saturated carbocycles. The Bertz CT molecular complexity index is 641. The topological polar surface area (TPSA) is 68.0 Å². The number of carbonyl (C=O) groups is 1. The first-order valence-electron chi connectivity index (χ1n) is 5.56. The Morgan fingerprint density at radius 2 is 1.95 bits per heavy atom. The fraction of sp³-hybridized carbons (Fsp3) is 0.154. The largest absolute Gasteiger partial charge is 0.477 e. The second-order valence-electron chi connectivity index (χ2n) is 4.21. The van der Waals surface area contributed by atoms with E-state index in [1.54, 1.807) is 0 Å². The Labute approximate surface area is 118 Å². The maximum absolute atomic E-state index is 10.7. The van der Waals surface area contributed by atoms with E-state index in [4.69, 9.17) is 5.11 Å². The van der Waals surface area contributed by atoms with Crippen molar-refractivity contribution in [3.63, 3.8) is 0 Å². The molecule has 2 rings (SSSR count). The van der Waals surface area contributed by atoms with Crippen LogP contribution >= 0.6 is 15.9 Å². The van der Waals surface area contributed by atoms with Gasteiger partial charge in [0.05, 0.1) is 6.20 Å². The molecule has 0 atom stereocenters. The lowest BCUT2D eigenvalue weighted by Crippen LogP contribution is -1.96. The average molecular weight is 322 g/mol. The van der Waals surface area contributed by atoms with Crippen molar-refractivity contribution >= 4 is 28.1 Å². The Kier molecular flexibility index (Phi) is 3.80. The molecule has 0 saturated heterocycles. The lowest BCUT2D eigenvalue weighted by Gasteiger charge is -2.00. The van der Waals surface area contributed by atoms with Gasteiger partial charge in [0.15, 0.2) is 5.82 Å². The number of aryl methyl sites for hydroxylation is 2. The van der Waals surface area contributed by atoms with Crippen molar-refractivity contribution in [1.29, 1.82) is 0 Å². The fourth-order valence-corrected chi connectivity index (χ4v) is 1.95. The molecule has 0 radical (unpaired) electrons. The molecule has 0 fully saturated rings. The molecular formula is C13H12BrN3O2. The van der Waals surface area contributed by atoms with Crippen molar-refractivity contribution in [2.45, 2.75) is 13.8 Å². The van der Waals surface area contributed by atoms with Gasteiger partial charge in [-0.25, -0.2) is 14.5 Å². The molecule has 0 unspecified atom stereocenters. The number of carboxylic acid groups (broad SMARTS) is 1. The van der Waals surface area contributed by atoms with Crippen LogP contribution in [0.3, 0.4) is 0 Å². The molecular weight excluding hydrogens is 310 g/mol. The number of halogens is 1. The summed E-state index contributed by atoms with van der Waals surface area (Å²) in [5.74, 6) is -0.489. The van der Waals surface area contributed by atoms with Gasteiger partial charge in [-0.05, 0) is 41.9 Å². The van der Waals surface area contributed by atoms with Gasteiger partial charge in [-0.15, -0.1) is 5.10 Å². The van der Waals surface area contributed by atoms with Crippen molar-refractivity contribution < 1.29 is 9.90 Å². The number of rotatable bonds is 3. The van der Waals surface area contributed by atoms with Gasteiger partial charge in [0, 0.05) is 5.56 Å². The van der Waals surface area contributed by atoms with Crippen LogP contribution in [-0.2, 0) is 4.79 Å². The first kappa shape index (κ1) is 13.5. The van der Waals surface area contributed by atoms with Crippen LogP contribution in [0, 0.1) is 13.8 Å². The summed E-state index contributed by atoms with van der Waals surface area (Å²) in [6.45, 7) is 4.02. The number of nitrogens with zero attached hydrogens (tertiary/aromatic N) is 3. The van der Waals surface area contributed by atoms with Gasteiger partial charge in [-0.3, -0.25) is 0 Å². The van der Waals surface area contributed by atoms with E-state index in [1.165, 1.54) is 17.2 Å². The van der Waals surface area contributed by atoms with E-state index in [9.17, 15) is 4.79 Å². The zero-order valence-corrected chi connectivity index (χ0v) is 12.0. The molecule has 6 heteroatoms. The molecule has 98 valence electrons.